The maximum Gasteiger partial charge on any atom is 0.126 e. The summed E-state index contributed by atoms with van der Waals surface area (Å²) in [5, 5.41) is 11.2. The largest absolute Gasteiger partial charge is 0.384 e. The average Bonchev–Trinajstić information content (AvgIpc) is 2.47. The van der Waals surface area contributed by atoms with E-state index in [4.69, 9.17) is 11.1 Å². The lowest BCUT2D eigenvalue weighted by Crippen LogP contribution is -2.10. The number of hydrogen-bond donors (Lipinski definition) is 2. The van der Waals surface area contributed by atoms with Gasteiger partial charge in [-0.3, -0.25) is 10.4 Å². The van der Waals surface area contributed by atoms with Crippen molar-refractivity contribution in [3.05, 3.63) is 30.4 Å². The highest BCUT2D eigenvalue weighted by Gasteiger charge is 2.04. The molecule has 2 rings (SSSR count). The Morgan fingerprint density at radius 1 is 1.50 bits per heavy atom. The monoisotopic (exact) mass is 161 g/mol. The van der Waals surface area contributed by atoms with Crippen LogP contribution in [0.1, 0.15) is 5.56 Å². The molecule has 2 aromatic rings. The van der Waals surface area contributed by atoms with Crippen LogP contribution in [0.15, 0.2) is 24.8 Å². The highest BCUT2D eigenvalue weighted by molar-refractivity contribution is 6.00. The second-order valence-electron chi connectivity index (χ2n) is 2.38. The Hall–Kier alpha value is -1.91. The van der Waals surface area contributed by atoms with Crippen molar-refractivity contribution >= 4 is 11.4 Å². The minimum absolute atomic E-state index is 0.0120. The van der Waals surface area contributed by atoms with Gasteiger partial charge >= 0.3 is 0 Å². The SMILES string of the molecule is N=C(N)c1cnn2ccncc12. The minimum atomic E-state index is 0.0120. The average molecular weight is 161 g/mol. The number of rotatable bonds is 1. The molecule has 0 fully saturated rings. The van der Waals surface area contributed by atoms with Crippen molar-refractivity contribution in [1.82, 2.24) is 14.6 Å². The van der Waals surface area contributed by atoms with Crippen molar-refractivity contribution < 1.29 is 0 Å². The van der Waals surface area contributed by atoms with Crippen molar-refractivity contribution in [2.75, 3.05) is 0 Å². The van der Waals surface area contributed by atoms with Gasteiger partial charge in [-0.25, -0.2) is 4.52 Å². The third kappa shape index (κ3) is 0.833. The lowest BCUT2D eigenvalue weighted by molar-refractivity contribution is 0.946. The van der Waals surface area contributed by atoms with Crippen LogP contribution in [0.2, 0.25) is 0 Å². The van der Waals surface area contributed by atoms with Gasteiger partial charge in [-0.1, -0.05) is 0 Å². The van der Waals surface area contributed by atoms with Crippen LogP contribution >= 0.6 is 0 Å². The number of nitrogen functional groups attached to an aromatic ring is 1. The van der Waals surface area contributed by atoms with Crippen molar-refractivity contribution in [2.45, 2.75) is 0 Å². The third-order valence-corrected chi connectivity index (χ3v) is 1.61. The van der Waals surface area contributed by atoms with Crippen LogP contribution in [0.3, 0.4) is 0 Å². The number of hydrogen-bond acceptors (Lipinski definition) is 3. The number of fused-ring (bicyclic) bond motifs is 1. The van der Waals surface area contributed by atoms with E-state index in [9.17, 15) is 0 Å². The first kappa shape index (κ1) is 6.78. The van der Waals surface area contributed by atoms with Gasteiger partial charge in [0.15, 0.2) is 0 Å². The predicted molar refractivity (Wildman–Crippen MR) is 44.0 cm³/mol. The second-order valence-corrected chi connectivity index (χ2v) is 2.38. The summed E-state index contributed by atoms with van der Waals surface area (Å²) in [5.41, 5.74) is 6.70. The topological polar surface area (TPSA) is 80.1 Å². The molecule has 0 radical (unpaired) electrons. The summed E-state index contributed by atoms with van der Waals surface area (Å²) < 4.78 is 1.63. The van der Waals surface area contributed by atoms with E-state index in [2.05, 4.69) is 10.1 Å². The molecule has 0 aromatic carbocycles. The first-order valence-electron chi connectivity index (χ1n) is 3.41. The molecular formula is C7H7N5. The Bertz CT molecular complexity index is 430. The van der Waals surface area contributed by atoms with E-state index in [0.29, 0.717) is 5.56 Å². The van der Waals surface area contributed by atoms with Gasteiger partial charge in [0, 0.05) is 12.4 Å². The van der Waals surface area contributed by atoms with Gasteiger partial charge in [-0.05, 0) is 0 Å². The van der Waals surface area contributed by atoms with E-state index >= 15 is 0 Å². The Morgan fingerprint density at radius 2 is 2.33 bits per heavy atom. The maximum atomic E-state index is 7.23. The molecule has 0 bridgehead atoms. The van der Waals surface area contributed by atoms with E-state index in [1.807, 2.05) is 0 Å². The number of nitrogens with zero attached hydrogens (tertiary/aromatic N) is 3. The van der Waals surface area contributed by atoms with Crippen LogP contribution in [0.25, 0.3) is 5.52 Å². The van der Waals surface area contributed by atoms with Crippen LogP contribution < -0.4 is 5.73 Å². The molecular weight excluding hydrogens is 154 g/mol. The molecule has 60 valence electrons. The second kappa shape index (κ2) is 2.30. The molecule has 2 heterocycles. The fraction of sp³-hybridized carbons (Fsp3) is 0. The molecule has 0 saturated heterocycles. The van der Waals surface area contributed by atoms with Crippen LogP contribution in [0, 0.1) is 5.41 Å². The van der Waals surface area contributed by atoms with Gasteiger partial charge in [-0.2, -0.15) is 5.10 Å². The number of aromatic nitrogens is 3. The van der Waals surface area contributed by atoms with Crippen LogP contribution in [-0.4, -0.2) is 20.4 Å². The molecule has 0 saturated carbocycles. The Labute approximate surface area is 68.3 Å². The lowest BCUT2D eigenvalue weighted by atomic mass is 10.3. The highest BCUT2D eigenvalue weighted by Crippen LogP contribution is 2.06. The molecule has 0 aliphatic carbocycles. The molecule has 0 amide bonds. The van der Waals surface area contributed by atoms with Crippen LogP contribution in [0.4, 0.5) is 0 Å². The smallest absolute Gasteiger partial charge is 0.126 e. The fourth-order valence-electron chi connectivity index (χ4n) is 1.04. The van der Waals surface area contributed by atoms with Gasteiger partial charge in [-0.15, -0.1) is 0 Å². The first-order valence-corrected chi connectivity index (χ1v) is 3.41. The van der Waals surface area contributed by atoms with Gasteiger partial charge in [0.25, 0.3) is 0 Å². The third-order valence-electron chi connectivity index (χ3n) is 1.61. The Kier molecular flexibility index (Phi) is 1.30. The van der Waals surface area contributed by atoms with Gasteiger partial charge in [0.05, 0.1) is 23.5 Å². The van der Waals surface area contributed by atoms with E-state index in [1.165, 1.54) is 0 Å². The molecule has 2 aromatic heterocycles. The quantitative estimate of drug-likeness (QED) is 0.456. The number of amidine groups is 1. The summed E-state index contributed by atoms with van der Waals surface area (Å²) in [6.07, 6.45) is 6.52. The molecule has 0 aliphatic rings. The van der Waals surface area contributed by atoms with Crippen molar-refractivity contribution in [3.63, 3.8) is 0 Å². The van der Waals surface area contributed by atoms with Crippen molar-refractivity contribution in [3.8, 4) is 0 Å². The predicted octanol–water partition coefficient (Wildman–Crippen LogP) is 0.0134. The zero-order valence-electron chi connectivity index (χ0n) is 6.23. The summed E-state index contributed by atoms with van der Waals surface area (Å²) in [5.74, 6) is 0.0120. The van der Waals surface area contributed by atoms with Crippen molar-refractivity contribution in [1.29, 1.82) is 5.41 Å². The van der Waals surface area contributed by atoms with Crippen LogP contribution in [0.5, 0.6) is 0 Å². The van der Waals surface area contributed by atoms with Crippen LogP contribution in [-0.2, 0) is 0 Å². The maximum absolute atomic E-state index is 7.23. The Balaban J connectivity index is 2.79. The summed E-state index contributed by atoms with van der Waals surface area (Å²) in [6, 6.07) is 0. The standard InChI is InChI=1S/C7H7N5/c8-7(9)5-3-11-12-2-1-10-4-6(5)12/h1-4H,(H3,8,9). The zero-order chi connectivity index (χ0) is 8.55. The molecule has 5 nitrogen and oxygen atoms in total. The summed E-state index contributed by atoms with van der Waals surface area (Å²) in [6.45, 7) is 0. The first-order chi connectivity index (χ1) is 5.79. The van der Waals surface area contributed by atoms with Crippen molar-refractivity contribution in [2.24, 2.45) is 5.73 Å². The van der Waals surface area contributed by atoms with E-state index < -0.39 is 0 Å². The highest BCUT2D eigenvalue weighted by atomic mass is 15.2. The van der Waals surface area contributed by atoms with E-state index in [0.717, 1.165) is 5.52 Å². The molecule has 0 aliphatic heterocycles. The molecule has 5 heteroatoms. The summed E-state index contributed by atoms with van der Waals surface area (Å²) in [7, 11) is 0. The lowest BCUT2D eigenvalue weighted by Gasteiger charge is -1.93. The minimum Gasteiger partial charge on any atom is -0.384 e. The summed E-state index contributed by atoms with van der Waals surface area (Å²) >= 11 is 0. The van der Waals surface area contributed by atoms with E-state index in [-0.39, 0.29) is 5.84 Å². The van der Waals surface area contributed by atoms with Gasteiger partial charge < -0.3 is 5.73 Å². The Morgan fingerprint density at radius 3 is 3.08 bits per heavy atom. The van der Waals surface area contributed by atoms with E-state index in [1.54, 1.807) is 29.3 Å². The number of nitrogens with two attached hydrogens (primary N) is 1. The molecule has 0 spiro atoms. The zero-order valence-corrected chi connectivity index (χ0v) is 6.23. The molecule has 0 unspecified atom stereocenters. The molecule has 3 N–H and O–H groups in total. The molecule has 0 atom stereocenters. The van der Waals surface area contributed by atoms with Gasteiger partial charge in [0.1, 0.15) is 5.84 Å². The normalized spacial score (nSPS) is 10.3. The summed E-state index contributed by atoms with van der Waals surface area (Å²) in [4.78, 5) is 3.92. The van der Waals surface area contributed by atoms with Gasteiger partial charge in [0.2, 0.25) is 0 Å². The molecule has 12 heavy (non-hydrogen) atoms. The number of nitrogens with one attached hydrogen (secondary N) is 1. The fourth-order valence-corrected chi connectivity index (χ4v) is 1.04.